The van der Waals surface area contributed by atoms with E-state index in [1.54, 1.807) is 30.5 Å². The lowest BCUT2D eigenvalue weighted by Crippen LogP contribution is -2.61. The number of carbonyl (C=O) groups excluding carboxylic acids is 14. The van der Waals surface area contributed by atoms with E-state index in [0.29, 0.717) is 22.0 Å². The summed E-state index contributed by atoms with van der Waals surface area (Å²) in [6.07, 6.45) is -1.48. The number of phenols is 1. The summed E-state index contributed by atoms with van der Waals surface area (Å²) in [6.45, 7) is 1.11. The molecule has 1 aromatic heterocycles. The van der Waals surface area contributed by atoms with Crippen molar-refractivity contribution in [1.82, 2.24) is 63.5 Å². The second kappa shape index (κ2) is 37.6. The van der Waals surface area contributed by atoms with E-state index in [4.69, 9.17) is 28.7 Å². The summed E-state index contributed by atoms with van der Waals surface area (Å²) in [5.74, 6) is -15.4. The Morgan fingerprint density at radius 2 is 0.978 bits per heavy atom. The number of nitrogens with zero attached hydrogens (tertiary/aromatic N) is 1. The van der Waals surface area contributed by atoms with Gasteiger partial charge in [0.15, 0.2) is 5.96 Å². The molecule has 11 atom stereocenters. The number of nitrogens with one attached hydrogen (secondary N) is 12. The fraction of sp³-hybridized carbons (Fsp3) is 0.482. The summed E-state index contributed by atoms with van der Waals surface area (Å²) in [6, 6.07) is -5.77. The first-order chi connectivity index (χ1) is 44.0. The van der Waals surface area contributed by atoms with Crippen molar-refractivity contribution in [3.63, 3.8) is 0 Å². The Bertz CT molecular complexity index is 3220. The number of para-hydroxylation sites is 1. The molecule has 1 aliphatic heterocycles. The SMILES string of the molecule is CC(=O)N[C@H]1CSSCC(C(N)=O)NC(=O)[C@H](C)NC(=O)C(CCC(N)=O)NC(=O)[C@H](CO)NC(=O)C(Cc2ccc(O)cc2)NC(=O)[C@H](CCCN=C(N)N)NC(=O)C(Cc2c[nH]c3ccccc23)NC(=O)[C@H](CO)NC(=O)[C@H](CCC(N)=O)NC(=O)[C@H](C)NC1=O. The molecule has 3 aromatic rings. The summed E-state index contributed by atoms with van der Waals surface area (Å²) in [5.41, 5.74) is 28.9. The monoisotopic (exact) mass is 1340 g/mol. The van der Waals surface area contributed by atoms with E-state index in [-0.39, 0.29) is 55.4 Å². The van der Waals surface area contributed by atoms with E-state index >= 15 is 0 Å². The van der Waals surface area contributed by atoms with Gasteiger partial charge in [-0.3, -0.25) is 72.1 Å². The number of carbonyl (C=O) groups is 14. The average Bonchev–Trinajstić information content (AvgIpc) is 1.93. The molecule has 37 heteroatoms. The van der Waals surface area contributed by atoms with Crippen LogP contribution in [-0.4, -0.2) is 207 Å². The fourth-order valence-corrected chi connectivity index (χ4v) is 11.3. The molecule has 4 rings (SSSR count). The lowest BCUT2D eigenvalue weighted by atomic mass is 10.0. The number of primary amides is 3. The van der Waals surface area contributed by atoms with Crippen LogP contribution in [0.1, 0.15) is 70.4 Å². The second-order valence-electron chi connectivity index (χ2n) is 21.4. The highest BCUT2D eigenvalue weighted by Gasteiger charge is 2.36. The molecule has 1 saturated heterocycles. The number of rotatable bonds is 18. The molecule has 0 saturated carbocycles. The first kappa shape index (κ1) is 75.7. The van der Waals surface area contributed by atoms with Crippen LogP contribution >= 0.6 is 21.6 Å². The van der Waals surface area contributed by atoms with Crippen molar-refractivity contribution < 1.29 is 82.4 Å². The Morgan fingerprint density at radius 1 is 0.538 bits per heavy atom. The third-order valence-electron chi connectivity index (χ3n) is 14.0. The fourth-order valence-electron chi connectivity index (χ4n) is 8.92. The first-order valence-corrected chi connectivity index (χ1v) is 31.5. The number of aromatic amines is 1. The molecule has 1 aliphatic rings. The van der Waals surface area contributed by atoms with Gasteiger partial charge in [-0.2, -0.15) is 0 Å². The van der Waals surface area contributed by atoms with Gasteiger partial charge in [-0.15, -0.1) is 0 Å². The van der Waals surface area contributed by atoms with Crippen molar-refractivity contribution in [2.45, 2.75) is 139 Å². The largest absolute Gasteiger partial charge is 0.508 e. The average molecular weight is 1340 g/mol. The predicted molar refractivity (Wildman–Crippen MR) is 337 cm³/mol. The highest BCUT2D eigenvalue weighted by atomic mass is 33.1. The van der Waals surface area contributed by atoms with Crippen molar-refractivity contribution in [3.05, 3.63) is 65.9 Å². The van der Waals surface area contributed by atoms with Crippen molar-refractivity contribution in [2.24, 2.45) is 33.7 Å². The number of amides is 14. The standard InChI is InChI=1S/C56H80N18O17S2/c1-26-46(82)67-36(15-17-44(58)80)50(86)72-40(23-76)54(90)71-38(20-30-21-63-33-8-5-4-7-32(30)33)52(88)68-34(9-6-18-62-56(60)61)49(85)70-37(19-29-10-12-31(78)13-11-29)51(87)73-39(22-75)53(89)69-35(14-16-43(57)79)48(84)64-27(2)47(83)74-41(45(59)81)24-92-93-25-42(55(91)65-26)66-28(3)77/h4-5,7-8,10-13,21,26-27,34-42,63,75-76,78H,6,9,14-20,22-25H2,1-3H3,(H2,57,79)(H2,58,80)(H2,59,81)(H,64,84)(H,65,91)(H,66,77)(H,67,82)(H,68,88)(H,69,89)(H,70,85)(H,71,90)(H,72,86)(H,73,87)(H,74,83)(H4,60,61,62)/t26-,27-,34-,35?,36-,37?,38?,39-,40-,41?,42-/m0/s1. The molecule has 0 spiro atoms. The number of aromatic nitrogens is 1. The summed E-state index contributed by atoms with van der Waals surface area (Å²) >= 11 is 0. The molecule has 14 amide bonds. The Morgan fingerprint density at radius 3 is 1.49 bits per heavy atom. The molecule has 93 heavy (non-hydrogen) atoms. The van der Waals surface area contributed by atoms with Crippen molar-refractivity contribution in [1.29, 1.82) is 0 Å². The number of fused-ring (bicyclic) bond motifs is 1. The number of guanidine groups is 1. The molecule has 25 N–H and O–H groups in total. The maximum atomic E-state index is 14.8. The van der Waals surface area contributed by atoms with Crippen LogP contribution in [0.25, 0.3) is 10.9 Å². The molecular weight excluding hydrogens is 1260 g/mol. The van der Waals surface area contributed by atoms with Gasteiger partial charge in [-0.1, -0.05) is 51.9 Å². The molecule has 1 fully saturated rings. The number of H-pyrrole nitrogens is 1. The highest BCUT2D eigenvalue weighted by molar-refractivity contribution is 8.76. The third-order valence-corrected chi connectivity index (χ3v) is 16.4. The minimum absolute atomic E-state index is 0.0215. The number of hydrogen-bond donors (Lipinski definition) is 20. The van der Waals surface area contributed by atoms with E-state index in [0.717, 1.165) is 28.5 Å². The molecule has 2 heterocycles. The minimum atomic E-state index is -1.91. The smallest absolute Gasteiger partial charge is 0.245 e. The van der Waals surface area contributed by atoms with Crippen LogP contribution in [-0.2, 0) is 80.0 Å². The van der Waals surface area contributed by atoms with Gasteiger partial charge in [-0.05, 0) is 68.9 Å². The zero-order chi connectivity index (χ0) is 69.1. The summed E-state index contributed by atoms with van der Waals surface area (Å²) in [7, 11) is 1.82. The van der Waals surface area contributed by atoms with Crippen LogP contribution in [0.5, 0.6) is 5.75 Å². The highest BCUT2D eigenvalue weighted by Crippen LogP contribution is 2.24. The van der Waals surface area contributed by atoms with Gasteiger partial charge >= 0.3 is 0 Å². The molecule has 4 unspecified atom stereocenters. The van der Waals surface area contributed by atoms with Crippen LogP contribution in [0, 0.1) is 0 Å². The lowest BCUT2D eigenvalue weighted by molar-refractivity contribution is -0.136. The predicted octanol–water partition coefficient (Wildman–Crippen LogP) is -7.50. The molecule has 2 aromatic carbocycles. The molecule has 0 aliphatic carbocycles. The molecule has 35 nitrogen and oxygen atoms in total. The lowest BCUT2D eigenvalue weighted by Gasteiger charge is -2.28. The number of aliphatic hydroxyl groups is 2. The second-order valence-corrected chi connectivity index (χ2v) is 24.0. The zero-order valence-corrected chi connectivity index (χ0v) is 52.6. The van der Waals surface area contributed by atoms with Crippen molar-refractivity contribution in [2.75, 3.05) is 31.3 Å². The van der Waals surface area contributed by atoms with Gasteiger partial charge in [0, 0.05) is 67.8 Å². The number of hydrogen-bond acceptors (Lipinski definition) is 20. The number of aliphatic hydroxyl groups excluding tert-OH is 2. The van der Waals surface area contributed by atoms with Gasteiger partial charge in [-0.25, -0.2) is 0 Å². The minimum Gasteiger partial charge on any atom is -0.508 e. The van der Waals surface area contributed by atoms with E-state index < -0.39 is 188 Å². The van der Waals surface area contributed by atoms with Gasteiger partial charge in [0.05, 0.1) is 13.2 Å². The maximum absolute atomic E-state index is 14.8. The summed E-state index contributed by atoms with van der Waals surface area (Å²) in [5, 5.41) is 58.3. The third kappa shape index (κ3) is 25.5. The Labute approximate surface area is 540 Å². The van der Waals surface area contributed by atoms with Crippen LogP contribution in [0.2, 0.25) is 0 Å². The molecule has 508 valence electrons. The number of aliphatic imine (C=N–C) groups is 1. The topological polar surface area (TPSA) is 590 Å². The van der Waals surface area contributed by atoms with Crippen molar-refractivity contribution >= 4 is 121 Å². The number of nitrogens with two attached hydrogens (primary N) is 5. The Kier molecular flexibility index (Phi) is 30.6. The van der Waals surface area contributed by atoms with Crippen LogP contribution in [0.3, 0.4) is 0 Å². The number of phenolic OH excluding ortho intramolecular Hbond substituents is 1. The quantitative estimate of drug-likeness (QED) is 0.0243. The summed E-state index contributed by atoms with van der Waals surface area (Å²) < 4.78 is 0. The van der Waals surface area contributed by atoms with Crippen LogP contribution in [0.15, 0.2) is 59.7 Å². The summed E-state index contributed by atoms with van der Waals surface area (Å²) in [4.78, 5) is 197. The molecule has 0 radical (unpaired) electrons. The van der Waals surface area contributed by atoms with E-state index in [1.165, 1.54) is 38.1 Å². The van der Waals surface area contributed by atoms with Gasteiger partial charge in [0.25, 0.3) is 0 Å². The Hall–Kier alpha value is -9.75. The Balaban J connectivity index is 1.83. The number of benzene rings is 2. The normalized spacial score (nSPS) is 24.4. The first-order valence-electron chi connectivity index (χ1n) is 29.0. The van der Waals surface area contributed by atoms with E-state index in [1.807, 2.05) is 0 Å². The zero-order valence-electron chi connectivity index (χ0n) is 50.9. The maximum Gasteiger partial charge on any atom is 0.245 e. The molecule has 0 bridgehead atoms. The molecular formula is C56H80N18O17S2. The van der Waals surface area contributed by atoms with Gasteiger partial charge in [0.2, 0.25) is 82.7 Å². The van der Waals surface area contributed by atoms with Gasteiger partial charge < -0.3 is 107 Å². The van der Waals surface area contributed by atoms with E-state index in [9.17, 15) is 82.4 Å². The van der Waals surface area contributed by atoms with Crippen LogP contribution in [0.4, 0.5) is 0 Å². The van der Waals surface area contributed by atoms with E-state index in [2.05, 4.69) is 68.5 Å². The van der Waals surface area contributed by atoms with Crippen molar-refractivity contribution in [3.8, 4) is 5.75 Å². The number of aromatic hydroxyl groups is 1. The van der Waals surface area contributed by atoms with Crippen LogP contribution < -0.4 is 87.2 Å². The van der Waals surface area contributed by atoms with Gasteiger partial charge in [0.1, 0.15) is 72.2 Å².